The monoisotopic (exact) mass is 305 g/mol. The summed E-state index contributed by atoms with van der Waals surface area (Å²) < 4.78 is 0. The highest BCUT2D eigenvalue weighted by Gasteiger charge is 2.30. The van der Waals surface area contributed by atoms with Crippen molar-refractivity contribution in [2.45, 2.75) is 50.5 Å². The molecule has 6 nitrogen and oxygen atoms in total. The zero-order chi connectivity index (χ0) is 15.4. The van der Waals surface area contributed by atoms with Crippen LogP contribution in [0.25, 0.3) is 0 Å². The minimum atomic E-state index is -0.178. The first-order valence-electron chi connectivity index (χ1n) is 8.49. The molecule has 0 bridgehead atoms. The van der Waals surface area contributed by atoms with E-state index in [9.17, 15) is 5.11 Å². The highest BCUT2D eigenvalue weighted by molar-refractivity contribution is 5.41. The van der Waals surface area contributed by atoms with E-state index >= 15 is 0 Å². The van der Waals surface area contributed by atoms with E-state index in [0.717, 1.165) is 37.3 Å². The van der Waals surface area contributed by atoms with Gasteiger partial charge >= 0.3 is 0 Å². The molecule has 0 amide bonds. The van der Waals surface area contributed by atoms with E-state index in [1.807, 2.05) is 6.07 Å². The average molecular weight is 305 g/mol. The highest BCUT2D eigenvalue weighted by atomic mass is 16.3. The van der Waals surface area contributed by atoms with Crippen molar-refractivity contribution in [3.05, 3.63) is 11.8 Å². The van der Waals surface area contributed by atoms with Crippen LogP contribution in [0.5, 0.6) is 0 Å². The lowest BCUT2D eigenvalue weighted by molar-refractivity contribution is 0.0732. The Kier molecular flexibility index (Phi) is 5.10. The van der Waals surface area contributed by atoms with Gasteiger partial charge < -0.3 is 21.1 Å². The predicted octanol–water partition coefficient (Wildman–Crippen LogP) is 1.58. The topological polar surface area (TPSA) is 87.3 Å². The number of hydrogen-bond acceptors (Lipinski definition) is 6. The molecule has 2 heterocycles. The van der Waals surface area contributed by atoms with Gasteiger partial charge in [0.25, 0.3) is 0 Å². The standard InChI is InChI=1S/C16H27N5O/c17-16-19-14(12-9-13(22)10-12)11-15(20-16)18-5-1-2-6-21-7-3-4-8-21/h11-13,22H,1-10H2,(H3,17,18,19,20). The van der Waals surface area contributed by atoms with Crippen molar-refractivity contribution in [1.29, 1.82) is 0 Å². The fourth-order valence-electron chi connectivity index (χ4n) is 3.30. The van der Waals surface area contributed by atoms with E-state index in [-0.39, 0.29) is 6.10 Å². The molecule has 0 atom stereocenters. The summed E-state index contributed by atoms with van der Waals surface area (Å²) in [7, 11) is 0. The second kappa shape index (κ2) is 7.24. The number of nitrogens with two attached hydrogens (primary N) is 1. The molecule has 1 aromatic rings. The number of aliphatic hydroxyl groups excluding tert-OH is 1. The van der Waals surface area contributed by atoms with Crippen LogP contribution in [0, 0.1) is 0 Å². The number of rotatable bonds is 7. The van der Waals surface area contributed by atoms with Crippen LogP contribution < -0.4 is 11.1 Å². The fraction of sp³-hybridized carbons (Fsp3) is 0.750. The Morgan fingerprint density at radius 3 is 2.73 bits per heavy atom. The van der Waals surface area contributed by atoms with Gasteiger partial charge in [-0.3, -0.25) is 0 Å². The molecule has 1 saturated heterocycles. The molecule has 2 aliphatic rings. The quantitative estimate of drug-likeness (QED) is 0.663. The number of nitrogens with one attached hydrogen (secondary N) is 1. The Morgan fingerprint density at radius 1 is 1.23 bits per heavy atom. The lowest BCUT2D eigenvalue weighted by Crippen LogP contribution is -2.27. The molecule has 1 saturated carbocycles. The zero-order valence-corrected chi connectivity index (χ0v) is 13.2. The minimum Gasteiger partial charge on any atom is -0.393 e. The molecule has 0 aromatic carbocycles. The zero-order valence-electron chi connectivity index (χ0n) is 13.2. The molecule has 1 aromatic heterocycles. The summed E-state index contributed by atoms with van der Waals surface area (Å²) in [5.74, 6) is 1.46. The first-order valence-corrected chi connectivity index (χ1v) is 8.49. The summed E-state index contributed by atoms with van der Waals surface area (Å²) in [6.45, 7) is 4.66. The third-order valence-corrected chi connectivity index (χ3v) is 4.70. The summed E-state index contributed by atoms with van der Waals surface area (Å²) in [6.07, 6.45) is 6.46. The molecular weight excluding hydrogens is 278 g/mol. The molecule has 1 aliphatic heterocycles. The molecule has 0 radical (unpaired) electrons. The van der Waals surface area contributed by atoms with Crippen LogP contribution >= 0.6 is 0 Å². The number of aromatic nitrogens is 2. The Hall–Kier alpha value is -1.40. The Balaban J connectivity index is 1.41. The van der Waals surface area contributed by atoms with Crippen LogP contribution in [-0.2, 0) is 0 Å². The van der Waals surface area contributed by atoms with Gasteiger partial charge in [0.2, 0.25) is 5.95 Å². The summed E-state index contributed by atoms with van der Waals surface area (Å²) in [6, 6.07) is 1.98. The van der Waals surface area contributed by atoms with Gasteiger partial charge in [-0.05, 0) is 58.2 Å². The van der Waals surface area contributed by atoms with Crippen LogP contribution in [0.2, 0.25) is 0 Å². The predicted molar refractivity (Wildman–Crippen MR) is 87.8 cm³/mol. The van der Waals surface area contributed by atoms with E-state index in [2.05, 4.69) is 20.2 Å². The molecule has 3 rings (SSSR count). The van der Waals surface area contributed by atoms with E-state index in [1.165, 1.54) is 38.9 Å². The van der Waals surface area contributed by atoms with Crippen molar-refractivity contribution in [3.63, 3.8) is 0 Å². The van der Waals surface area contributed by atoms with Crippen molar-refractivity contribution in [1.82, 2.24) is 14.9 Å². The van der Waals surface area contributed by atoms with Crippen molar-refractivity contribution in [2.24, 2.45) is 0 Å². The number of anilines is 2. The normalized spacial score (nSPS) is 25.1. The lowest BCUT2D eigenvalue weighted by Gasteiger charge is -2.30. The summed E-state index contributed by atoms with van der Waals surface area (Å²) in [4.78, 5) is 11.1. The number of hydrogen-bond donors (Lipinski definition) is 3. The third-order valence-electron chi connectivity index (χ3n) is 4.70. The van der Waals surface area contributed by atoms with E-state index in [0.29, 0.717) is 11.9 Å². The Labute approximate surface area is 132 Å². The number of aliphatic hydroxyl groups is 1. The second-order valence-electron chi connectivity index (χ2n) is 6.54. The van der Waals surface area contributed by atoms with Crippen LogP contribution in [0.3, 0.4) is 0 Å². The molecule has 0 spiro atoms. The number of nitrogens with zero attached hydrogens (tertiary/aromatic N) is 3. The van der Waals surface area contributed by atoms with Crippen molar-refractivity contribution in [2.75, 3.05) is 37.2 Å². The van der Waals surface area contributed by atoms with Crippen LogP contribution in [0.1, 0.15) is 50.1 Å². The highest BCUT2D eigenvalue weighted by Crippen LogP contribution is 2.36. The maximum Gasteiger partial charge on any atom is 0.222 e. The number of nitrogen functional groups attached to an aromatic ring is 1. The van der Waals surface area contributed by atoms with Crippen LogP contribution in [0.4, 0.5) is 11.8 Å². The van der Waals surface area contributed by atoms with E-state index < -0.39 is 0 Å². The number of likely N-dealkylation sites (tertiary alicyclic amines) is 1. The fourth-order valence-corrected chi connectivity index (χ4v) is 3.30. The molecule has 6 heteroatoms. The van der Waals surface area contributed by atoms with Crippen LogP contribution in [0.15, 0.2) is 6.07 Å². The molecule has 4 N–H and O–H groups in total. The van der Waals surface area contributed by atoms with Crippen molar-refractivity contribution < 1.29 is 5.11 Å². The van der Waals surface area contributed by atoms with Crippen LogP contribution in [-0.4, -0.2) is 52.3 Å². The first kappa shape index (κ1) is 15.5. The average Bonchev–Trinajstić information content (AvgIpc) is 2.96. The minimum absolute atomic E-state index is 0.178. The summed E-state index contributed by atoms with van der Waals surface area (Å²) in [5, 5.41) is 12.8. The molecule has 2 fully saturated rings. The Bertz CT molecular complexity index is 483. The maximum absolute atomic E-state index is 9.41. The van der Waals surface area contributed by atoms with Gasteiger partial charge in [-0.25, -0.2) is 4.98 Å². The SMILES string of the molecule is Nc1nc(NCCCCN2CCCC2)cc(C2CC(O)C2)n1. The first-order chi connectivity index (χ1) is 10.7. The van der Waals surface area contributed by atoms with Crippen molar-refractivity contribution in [3.8, 4) is 0 Å². The van der Waals surface area contributed by atoms with Crippen molar-refractivity contribution >= 4 is 11.8 Å². The van der Waals surface area contributed by atoms with Gasteiger partial charge in [0.05, 0.1) is 11.8 Å². The summed E-state index contributed by atoms with van der Waals surface area (Å²) in [5.41, 5.74) is 6.75. The van der Waals surface area contributed by atoms with E-state index in [4.69, 9.17) is 5.73 Å². The molecule has 1 aliphatic carbocycles. The lowest BCUT2D eigenvalue weighted by atomic mass is 9.80. The van der Waals surface area contributed by atoms with Gasteiger partial charge in [0.15, 0.2) is 0 Å². The van der Waals surface area contributed by atoms with Gasteiger partial charge in [0, 0.05) is 18.5 Å². The third kappa shape index (κ3) is 4.08. The molecule has 122 valence electrons. The van der Waals surface area contributed by atoms with E-state index in [1.54, 1.807) is 0 Å². The van der Waals surface area contributed by atoms with Gasteiger partial charge in [-0.2, -0.15) is 4.98 Å². The smallest absolute Gasteiger partial charge is 0.222 e. The largest absolute Gasteiger partial charge is 0.393 e. The molecule has 0 unspecified atom stereocenters. The van der Waals surface area contributed by atoms with Gasteiger partial charge in [-0.1, -0.05) is 0 Å². The van der Waals surface area contributed by atoms with Gasteiger partial charge in [-0.15, -0.1) is 0 Å². The Morgan fingerprint density at radius 2 is 2.00 bits per heavy atom. The second-order valence-corrected chi connectivity index (χ2v) is 6.54. The molecular formula is C16H27N5O. The maximum atomic E-state index is 9.41. The van der Waals surface area contributed by atoms with Gasteiger partial charge in [0.1, 0.15) is 5.82 Å². The molecule has 22 heavy (non-hydrogen) atoms. The summed E-state index contributed by atoms with van der Waals surface area (Å²) >= 11 is 0. The number of unbranched alkanes of at least 4 members (excludes halogenated alkanes) is 1.